The van der Waals surface area contributed by atoms with Crippen molar-refractivity contribution < 1.29 is 14.3 Å². The number of methoxy groups -OCH3 is 2. The predicted octanol–water partition coefficient (Wildman–Crippen LogP) is 5.87. The predicted molar refractivity (Wildman–Crippen MR) is 154 cm³/mol. The number of fused-ring (bicyclic) bond motifs is 1. The maximum Gasteiger partial charge on any atom is 0.243 e. The van der Waals surface area contributed by atoms with Gasteiger partial charge in [-0.1, -0.05) is 66.7 Å². The van der Waals surface area contributed by atoms with Gasteiger partial charge in [0, 0.05) is 49.4 Å². The van der Waals surface area contributed by atoms with Crippen LogP contribution in [0.4, 0.5) is 5.69 Å². The van der Waals surface area contributed by atoms with E-state index in [0.717, 1.165) is 33.3 Å². The van der Waals surface area contributed by atoms with Crippen molar-refractivity contribution in [1.29, 1.82) is 5.26 Å². The van der Waals surface area contributed by atoms with Crippen LogP contribution >= 0.6 is 0 Å². The number of anilines is 1. The second kappa shape index (κ2) is 11.1. The van der Waals surface area contributed by atoms with Gasteiger partial charge >= 0.3 is 0 Å². The number of para-hydroxylation sites is 1. The molecule has 0 saturated carbocycles. The van der Waals surface area contributed by atoms with Crippen molar-refractivity contribution in [3.05, 3.63) is 102 Å². The molecule has 6 nitrogen and oxygen atoms in total. The molecule has 1 saturated heterocycles. The van der Waals surface area contributed by atoms with Crippen molar-refractivity contribution in [3.63, 3.8) is 0 Å². The topological polar surface area (TPSA) is 65.8 Å². The normalized spacial score (nSPS) is 15.7. The standard InChI is InChI=1S/C33H33N3O3/c1-33(23-34,32(37)36-20-18-35(19-21-36)25-12-9-13-26(22-25)38-2)31(29-15-6-7-17-30(29)39-3)28-16-8-11-24-10-4-5-14-27(24)28/h4-17,22,31H,18-21H2,1-3H3/t31-,33+/m0/s1. The number of nitrogens with zero attached hydrogens (tertiary/aromatic N) is 3. The highest BCUT2D eigenvalue weighted by molar-refractivity contribution is 5.91. The zero-order valence-electron chi connectivity index (χ0n) is 22.6. The molecule has 1 amide bonds. The fourth-order valence-corrected chi connectivity index (χ4v) is 5.74. The molecule has 6 heteroatoms. The number of piperazine rings is 1. The Kier molecular flexibility index (Phi) is 7.42. The Labute approximate surface area is 230 Å². The summed E-state index contributed by atoms with van der Waals surface area (Å²) in [6.45, 7) is 4.19. The van der Waals surface area contributed by atoms with Crippen LogP contribution in [0, 0.1) is 16.7 Å². The average molecular weight is 520 g/mol. The molecule has 0 radical (unpaired) electrons. The van der Waals surface area contributed by atoms with E-state index in [9.17, 15) is 10.1 Å². The van der Waals surface area contributed by atoms with Gasteiger partial charge in [-0.3, -0.25) is 4.79 Å². The average Bonchev–Trinajstić information content (AvgIpc) is 3.01. The Morgan fingerprint density at radius 3 is 2.26 bits per heavy atom. The monoisotopic (exact) mass is 519 g/mol. The molecule has 0 aromatic heterocycles. The van der Waals surface area contributed by atoms with Gasteiger partial charge in [0.05, 0.1) is 20.3 Å². The number of benzene rings is 4. The number of hydrogen-bond donors (Lipinski definition) is 0. The third kappa shape index (κ3) is 4.88. The van der Waals surface area contributed by atoms with Gasteiger partial charge in [0.25, 0.3) is 0 Å². The summed E-state index contributed by atoms with van der Waals surface area (Å²) in [4.78, 5) is 18.4. The molecule has 198 valence electrons. The first kappa shape index (κ1) is 26.1. The van der Waals surface area contributed by atoms with Crippen molar-refractivity contribution in [3.8, 4) is 17.6 Å². The molecular weight excluding hydrogens is 486 g/mol. The van der Waals surface area contributed by atoms with Crippen molar-refractivity contribution in [2.75, 3.05) is 45.3 Å². The summed E-state index contributed by atoms with van der Waals surface area (Å²) < 4.78 is 11.1. The zero-order chi connectivity index (χ0) is 27.4. The summed E-state index contributed by atoms with van der Waals surface area (Å²) in [5.74, 6) is 0.762. The van der Waals surface area contributed by atoms with Crippen LogP contribution in [0.5, 0.6) is 11.5 Å². The van der Waals surface area contributed by atoms with E-state index < -0.39 is 11.3 Å². The molecule has 0 aliphatic carbocycles. The molecule has 0 unspecified atom stereocenters. The van der Waals surface area contributed by atoms with Gasteiger partial charge in [-0.15, -0.1) is 0 Å². The number of carbonyl (C=O) groups is 1. The Bertz CT molecular complexity index is 1510. The van der Waals surface area contributed by atoms with Crippen LogP contribution in [0.25, 0.3) is 10.8 Å². The van der Waals surface area contributed by atoms with Gasteiger partial charge < -0.3 is 19.3 Å². The maximum absolute atomic E-state index is 14.3. The molecular formula is C33H33N3O3. The minimum absolute atomic E-state index is 0.167. The van der Waals surface area contributed by atoms with Crippen LogP contribution in [0.2, 0.25) is 0 Å². The van der Waals surface area contributed by atoms with E-state index >= 15 is 0 Å². The third-order valence-electron chi connectivity index (χ3n) is 7.82. The van der Waals surface area contributed by atoms with Crippen LogP contribution in [-0.4, -0.2) is 51.2 Å². The van der Waals surface area contributed by atoms with Crippen molar-refractivity contribution >= 4 is 22.4 Å². The molecule has 4 aromatic carbocycles. The summed E-state index contributed by atoms with van der Waals surface area (Å²) in [5, 5.41) is 12.8. The lowest BCUT2D eigenvalue weighted by Crippen LogP contribution is -2.53. The molecule has 1 aliphatic rings. The highest BCUT2D eigenvalue weighted by Gasteiger charge is 2.47. The number of rotatable bonds is 7. The molecule has 5 rings (SSSR count). The Morgan fingerprint density at radius 2 is 1.51 bits per heavy atom. The van der Waals surface area contributed by atoms with E-state index in [4.69, 9.17) is 9.47 Å². The van der Waals surface area contributed by atoms with Gasteiger partial charge in [0.2, 0.25) is 5.91 Å². The Morgan fingerprint density at radius 1 is 0.846 bits per heavy atom. The first-order valence-corrected chi connectivity index (χ1v) is 13.2. The fraction of sp³-hybridized carbons (Fsp3) is 0.273. The minimum atomic E-state index is -1.36. The molecule has 1 heterocycles. The maximum atomic E-state index is 14.3. The van der Waals surface area contributed by atoms with Crippen LogP contribution in [0.3, 0.4) is 0 Å². The first-order chi connectivity index (χ1) is 19.0. The lowest BCUT2D eigenvalue weighted by atomic mass is 9.68. The van der Waals surface area contributed by atoms with Crippen LogP contribution < -0.4 is 14.4 Å². The van der Waals surface area contributed by atoms with Gasteiger partial charge in [-0.25, -0.2) is 0 Å². The smallest absolute Gasteiger partial charge is 0.243 e. The number of nitriles is 1. The SMILES string of the molecule is COc1cccc(N2CCN(C(=O)[C@](C)(C#N)[C@H](c3ccccc3OC)c3cccc4ccccc34)CC2)c1. The lowest BCUT2D eigenvalue weighted by Gasteiger charge is -2.41. The van der Waals surface area contributed by atoms with E-state index in [-0.39, 0.29) is 5.91 Å². The molecule has 39 heavy (non-hydrogen) atoms. The minimum Gasteiger partial charge on any atom is -0.497 e. The number of ether oxygens (including phenoxy) is 2. The van der Waals surface area contributed by atoms with E-state index in [0.29, 0.717) is 31.9 Å². The summed E-state index contributed by atoms with van der Waals surface area (Å²) in [6.07, 6.45) is 0. The molecule has 4 aromatic rings. The van der Waals surface area contributed by atoms with Gasteiger partial charge in [-0.05, 0) is 41.5 Å². The fourth-order valence-electron chi connectivity index (χ4n) is 5.74. The number of carbonyl (C=O) groups excluding carboxylic acids is 1. The van der Waals surface area contributed by atoms with Crippen LogP contribution in [-0.2, 0) is 4.79 Å². The summed E-state index contributed by atoms with van der Waals surface area (Å²) in [5.41, 5.74) is 1.46. The highest BCUT2D eigenvalue weighted by atomic mass is 16.5. The Balaban J connectivity index is 1.52. The molecule has 1 aliphatic heterocycles. The molecule has 0 bridgehead atoms. The van der Waals surface area contributed by atoms with E-state index in [1.807, 2.05) is 71.6 Å². The van der Waals surface area contributed by atoms with Gasteiger partial charge in [0.1, 0.15) is 16.9 Å². The van der Waals surface area contributed by atoms with Crippen molar-refractivity contribution in [1.82, 2.24) is 4.90 Å². The zero-order valence-corrected chi connectivity index (χ0v) is 22.6. The summed E-state index contributed by atoms with van der Waals surface area (Å²) in [7, 11) is 3.29. The van der Waals surface area contributed by atoms with Crippen LogP contribution in [0.15, 0.2) is 91.0 Å². The summed E-state index contributed by atoms with van der Waals surface area (Å²) in [6, 6.07) is 32.3. The third-order valence-corrected chi connectivity index (χ3v) is 7.82. The van der Waals surface area contributed by atoms with Gasteiger partial charge in [-0.2, -0.15) is 5.26 Å². The van der Waals surface area contributed by atoms with E-state index in [1.54, 1.807) is 21.1 Å². The largest absolute Gasteiger partial charge is 0.497 e. The molecule has 2 atom stereocenters. The number of amides is 1. The molecule has 1 fully saturated rings. The van der Waals surface area contributed by atoms with Crippen molar-refractivity contribution in [2.45, 2.75) is 12.8 Å². The Hall–Kier alpha value is -4.50. The second-order valence-electron chi connectivity index (χ2n) is 10.0. The van der Waals surface area contributed by atoms with E-state index in [2.05, 4.69) is 35.2 Å². The first-order valence-electron chi connectivity index (χ1n) is 13.2. The quantitative estimate of drug-likeness (QED) is 0.306. The van der Waals surface area contributed by atoms with E-state index in [1.165, 1.54) is 0 Å². The van der Waals surface area contributed by atoms with Crippen LogP contribution in [0.1, 0.15) is 24.0 Å². The molecule has 0 spiro atoms. The lowest BCUT2D eigenvalue weighted by molar-refractivity contribution is -0.139. The second-order valence-corrected chi connectivity index (χ2v) is 10.0. The summed E-state index contributed by atoms with van der Waals surface area (Å²) >= 11 is 0. The highest BCUT2D eigenvalue weighted by Crippen LogP contribution is 2.47. The van der Waals surface area contributed by atoms with Crippen molar-refractivity contribution in [2.24, 2.45) is 5.41 Å². The van der Waals surface area contributed by atoms with Gasteiger partial charge in [0.15, 0.2) is 0 Å². The number of hydrogen-bond acceptors (Lipinski definition) is 5. The molecule has 0 N–H and O–H groups in total.